The van der Waals surface area contributed by atoms with Gasteiger partial charge in [-0.25, -0.2) is 0 Å². The van der Waals surface area contributed by atoms with E-state index in [1.54, 1.807) is 0 Å². The molecule has 3 rings (SSSR count). The van der Waals surface area contributed by atoms with E-state index in [9.17, 15) is 4.79 Å². The maximum atomic E-state index is 11.3. The Bertz CT molecular complexity index is 694. The summed E-state index contributed by atoms with van der Waals surface area (Å²) in [5, 5.41) is 2.84. The molecule has 0 spiro atoms. The SMILES string of the molecule is CC(=O)Nc1nc(-c2ccccc2)c(-c2ccccc2)[se]1. The number of carbonyl (C=O) groups is 1. The summed E-state index contributed by atoms with van der Waals surface area (Å²) in [4.78, 5) is 15.9. The molecule has 0 aliphatic heterocycles. The molecule has 4 heteroatoms. The first-order chi connectivity index (χ1) is 10.2. The molecule has 0 radical (unpaired) electrons. The van der Waals surface area contributed by atoms with E-state index in [0.29, 0.717) is 0 Å². The zero-order chi connectivity index (χ0) is 14.7. The molecule has 3 aromatic rings. The molecule has 0 saturated heterocycles. The molecular formula is C17H14N2OSe. The van der Waals surface area contributed by atoms with Crippen molar-refractivity contribution in [1.82, 2.24) is 4.98 Å². The molecule has 0 saturated carbocycles. The van der Waals surface area contributed by atoms with Crippen molar-refractivity contribution in [3.63, 3.8) is 0 Å². The predicted molar refractivity (Wildman–Crippen MR) is 86.4 cm³/mol. The molecule has 0 fully saturated rings. The van der Waals surface area contributed by atoms with Crippen LogP contribution in [0.2, 0.25) is 0 Å². The third kappa shape index (κ3) is 3.13. The van der Waals surface area contributed by atoms with Gasteiger partial charge in [-0.1, -0.05) is 0 Å². The Labute approximate surface area is 129 Å². The van der Waals surface area contributed by atoms with Crippen molar-refractivity contribution in [3.8, 4) is 21.3 Å². The molecule has 3 nitrogen and oxygen atoms in total. The normalized spacial score (nSPS) is 10.3. The van der Waals surface area contributed by atoms with Crippen LogP contribution in [0.25, 0.3) is 21.3 Å². The van der Waals surface area contributed by atoms with E-state index in [1.807, 2.05) is 36.4 Å². The third-order valence-electron chi connectivity index (χ3n) is 2.99. The van der Waals surface area contributed by atoms with E-state index < -0.39 is 0 Å². The fraction of sp³-hybridized carbons (Fsp3) is 0.0588. The zero-order valence-corrected chi connectivity index (χ0v) is 13.3. The quantitative estimate of drug-likeness (QED) is 0.742. The van der Waals surface area contributed by atoms with E-state index in [1.165, 1.54) is 16.9 Å². The minimum atomic E-state index is -0.0719. The van der Waals surface area contributed by atoms with E-state index in [4.69, 9.17) is 0 Å². The Morgan fingerprint density at radius 3 is 2.10 bits per heavy atom. The number of amides is 1. The van der Waals surface area contributed by atoms with E-state index in [0.717, 1.165) is 15.9 Å². The number of rotatable bonds is 3. The molecule has 1 heterocycles. The van der Waals surface area contributed by atoms with Crippen molar-refractivity contribution in [2.24, 2.45) is 0 Å². The van der Waals surface area contributed by atoms with Gasteiger partial charge in [0.25, 0.3) is 0 Å². The molecule has 21 heavy (non-hydrogen) atoms. The molecule has 0 bridgehead atoms. The molecule has 0 unspecified atom stereocenters. The molecule has 0 aliphatic carbocycles. The van der Waals surface area contributed by atoms with Gasteiger partial charge in [0.2, 0.25) is 0 Å². The van der Waals surface area contributed by atoms with Gasteiger partial charge in [-0.2, -0.15) is 0 Å². The van der Waals surface area contributed by atoms with Crippen LogP contribution in [0.4, 0.5) is 4.69 Å². The van der Waals surface area contributed by atoms with Gasteiger partial charge >= 0.3 is 129 Å². The first-order valence-electron chi connectivity index (χ1n) is 6.63. The number of aromatic nitrogens is 1. The van der Waals surface area contributed by atoms with Gasteiger partial charge in [0.05, 0.1) is 0 Å². The van der Waals surface area contributed by atoms with Crippen molar-refractivity contribution in [1.29, 1.82) is 0 Å². The number of hydrogen-bond acceptors (Lipinski definition) is 2. The van der Waals surface area contributed by atoms with E-state index >= 15 is 0 Å². The maximum absolute atomic E-state index is 11.3. The van der Waals surface area contributed by atoms with Crippen LogP contribution in [-0.2, 0) is 4.79 Å². The number of benzene rings is 2. The second-order valence-corrected chi connectivity index (χ2v) is 6.71. The monoisotopic (exact) mass is 342 g/mol. The zero-order valence-electron chi connectivity index (χ0n) is 11.5. The first-order valence-corrected chi connectivity index (χ1v) is 8.34. The van der Waals surface area contributed by atoms with Crippen molar-refractivity contribution >= 4 is 25.1 Å². The Morgan fingerprint density at radius 1 is 0.952 bits per heavy atom. The Hall–Kier alpha value is -2.16. The molecule has 0 aliphatic rings. The van der Waals surface area contributed by atoms with Crippen LogP contribution in [0.15, 0.2) is 60.7 Å². The van der Waals surface area contributed by atoms with Crippen LogP contribution in [0, 0.1) is 0 Å². The Kier molecular flexibility index (Phi) is 4.00. The van der Waals surface area contributed by atoms with Crippen molar-refractivity contribution in [2.45, 2.75) is 6.92 Å². The predicted octanol–water partition coefficient (Wildman–Crippen LogP) is 3.43. The summed E-state index contributed by atoms with van der Waals surface area (Å²) in [6, 6.07) is 20.3. The second kappa shape index (κ2) is 6.08. The summed E-state index contributed by atoms with van der Waals surface area (Å²) in [6.07, 6.45) is 0. The Morgan fingerprint density at radius 2 is 1.52 bits per heavy atom. The average Bonchev–Trinajstić information content (AvgIpc) is 2.92. The van der Waals surface area contributed by atoms with Gasteiger partial charge in [0, 0.05) is 0 Å². The van der Waals surface area contributed by atoms with E-state index in [-0.39, 0.29) is 20.4 Å². The molecule has 2 aromatic carbocycles. The summed E-state index contributed by atoms with van der Waals surface area (Å²) in [5.74, 6) is -0.0719. The third-order valence-corrected chi connectivity index (χ3v) is 5.13. The fourth-order valence-electron chi connectivity index (χ4n) is 2.10. The summed E-state index contributed by atoms with van der Waals surface area (Å²) in [6.45, 7) is 1.52. The van der Waals surface area contributed by atoms with Crippen molar-refractivity contribution in [2.75, 3.05) is 5.32 Å². The van der Waals surface area contributed by atoms with Crippen LogP contribution in [0.5, 0.6) is 0 Å². The molecule has 1 N–H and O–H groups in total. The number of carbonyl (C=O) groups excluding carboxylic acids is 1. The molecule has 1 aromatic heterocycles. The van der Waals surface area contributed by atoms with Crippen LogP contribution in [0.1, 0.15) is 6.92 Å². The minimum absolute atomic E-state index is 0.0121. The van der Waals surface area contributed by atoms with Crippen molar-refractivity contribution < 1.29 is 4.79 Å². The van der Waals surface area contributed by atoms with Crippen LogP contribution >= 0.6 is 0 Å². The number of nitrogens with one attached hydrogen (secondary N) is 1. The average molecular weight is 341 g/mol. The van der Waals surface area contributed by atoms with Crippen molar-refractivity contribution in [3.05, 3.63) is 60.7 Å². The molecule has 104 valence electrons. The number of anilines is 1. The second-order valence-electron chi connectivity index (χ2n) is 4.61. The van der Waals surface area contributed by atoms with E-state index in [2.05, 4.69) is 34.6 Å². The van der Waals surface area contributed by atoms with Gasteiger partial charge in [0.1, 0.15) is 0 Å². The molecule has 0 atom stereocenters. The van der Waals surface area contributed by atoms with Crippen LogP contribution in [-0.4, -0.2) is 25.4 Å². The Balaban J connectivity index is 2.13. The number of hydrogen-bond donors (Lipinski definition) is 1. The van der Waals surface area contributed by atoms with Gasteiger partial charge in [-0.05, 0) is 0 Å². The van der Waals surface area contributed by atoms with Crippen LogP contribution in [0.3, 0.4) is 0 Å². The topological polar surface area (TPSA) is 42.0 Å². The summed E-state index contributed by atoms with van der Waals surface area (Å²) >= 11 is 0.0121. The van der Waals surface area contributed by atoms with Gasteiger partial charge in [-0.3, -0.25) is 0 Å². The number of nitrogens with zero attached hydrogens (tertiary/aromatic N) is 1. The molecular weight excluding hydrogens is 327 g/mol. The summed E-state index contributed by atoms with van der Waals surface area (Å²) < 4.78 is 1.98. The van der Waals surface area contributed by atoms with Crippen LogP contribution < -0.4 is 5.32 Å². The van der Waals surface area contributed by atoms with Gasteiger partial charge < -0.3 is 0 Å². The fourth-order valence-corrected chi connectivity index (χ4v) is 4.28. The van der Waals surface area contributed by atoms with Gasteiger partial charge in [0.15, 0.2) is 0 Å². The first kappa shape index (κ1) is 13.8. The summed E-state index contributed by atoms with van der Waals surface area (Å²) in [5.41, 5.74) is 3.21. The summed E-state index contributed by atoms with van der Waals surface area (Å²) in [7, 11) is 0. The molecule has 1 amide bonds. The standard InChI is InChI=1S/C17H14N2OSe/c1-12(20)18-17-19-15(13-8-4-2-5-9-13)16(21-17)14-10-6-3-7-11-14/h2-11H,1H3,(H,18,19,20). The van der Waals surface area contributed by atoms with Gasteiger partial charge in [-0.15, -0.1) is 0 Å².